The summed E-state index contributed by atoms with van der Waals surface area (Å²) in [5.74, 6) is 0.776. The van der Waals surface area contributed by atoms with E-state index in [-0.39, 0.29) is 11.6 Å². The standard InChI is InChI=1S/C25H25N3O/c1-17-13-14-18(2)23(15-17)28-24(19(3)26-16-20-9-5-4-6-10-20)27-22-12-8-7-11-21(22)25(28)29/h4-15,19,26H,16H2,1-3H3/p+1/t19-/m0/s1. The van der Waals surface area contributed by atoms with E-state index >= 15 is 0 Å². The monoisotopic (exact) mass is 384 g/mol. The van der Waals surface area contributed by atoms with Crippen molar-refractivity contribution in [3.63, 3.8) is 0 Å². The number of para-hydroxylation sites is 1. The van der Waals surface area contributed by atoms with Gasteiger partial charge in [-0.25, -0.2) is 4.98 Å². The average Bonchev–Trinajstić information content (AvgIpc) is 2.74. The van der Waals surface area contributed by atoms with Crippen molar-refractivity contribution in [2.45, 2.75) is 33.4 Å². The van der Waals surface area contributed by atoms with Crippen LogP contribution in [-0.4, -0.2) is 9.55 Å². The Balaban J connectivity index is 1.85. The van der Waals surface area contributed by atoms with Crippen LogP contribution in [0.1, 0.15) is 35.5 Å². The Labute approximate surface area is 170 Å². The summed E-state index contributed by atoms with van der Waals surface area (Å²) in [6.07, 6.45) is 0. The molecule has 4 heteroatoms. The number of rotatable bonds is 5. The fourth-order valence-electron chi connectivity index (χ4n) is 3.68. The molecule has 0 unspecified atom stereocenters. The second-order valence-corrected chi connectivity index (χ2v) is 7.63. The van der Waals surface area contributed by atoms with Crippen molar-refractivity contribution in [1.82, 2.24) is 9.55 Å². The van der Waals surface area contributed by atoms with Gasteiger partial charge in [0.05, 0.1) is 16.6 Å². The van der Waals surface area contributed by atoms with Gasteiger partial charge in [-0.2, -0.15) is 0 Å². The molecule has 0 aliphatic carbocycles. The molecule has 0 spiro atoms. The van der Waals surface area contributed by atoms with E-state index in [2.05, 4.69) is 42.6 Å². The molecule has 0 saturated heterocycles. The van der Waals surface area contributed by atoms with Crippen LogP contribution in [0.15, 0.2) is 77.6 Å². The lowest BCUT2D eigenvalue weighted by molar-refractivity contribution is -0.709. The van der Waals surface area contributed by atoms with Crippen molar-refractivity contribution in [1.29, 1.82) is 0 Å². The van der Waals surface area contributed by atoms with Crippen LogP contribution in [-0.2, 0) is 6.54 Å². The molecule has 0 bridgehead atoms. The van der Waals surface area contributed by atoms with Crippen LogP contribution in [0.3, 0.4) is 0 Å². The quantitative estimate of drug-likeness (QED) is 0.569. The summed E-state index contributed by atoms with van der Waals surface area (Å²) in [7, 11) is 0. The van der Waals surface area contributed by atoms with Gasteiger partial charge in [0.15, 0.2) is 5.82 Å². The molecule has 4 aromatic rings. The SMILES string of the molecule is Cc1ccc(C)c(-n2c([C@H](C)[NH2+]Cc3ccccc3)nc3ccccc3c2=O)c1. The molecule has 4 nitrogen and oxygen atoms in total. The third-order valence-electron chi connectivity index (χ3n) is 5.36. The number of nitrogens with two attached hydrogens (primary N) is 1. The fraction of sp³-hybridized carbons (Fsp3) is 0.200. The normalized spacial score (nSPS) is 12.2. The number of aromatic nitrogens is 2. The molecule has 1 heterocycles. The van der Waals surface area contributed by atoms with Crippen molar-refractivity contribution in [2.24, 2.45) is 0 Å². The molecule has 1 atom stereocenters. The van der Waals surface area contributed by atoms with Gasteiger partial charge in [-0.3, -0.25) is 9.36 Å². The van der Waals surface area contributed by atoms with Crippen LogP contribution in [0.25, 0.3) is 16.6 Å². The summed E-state index contributed by atoms with van der Waals surface area (Å²) in [6, 6.07) is 24.2. The number of benzene rings is 3. The number of hydrogen-bond donors (Lipinski definition) is 1. The van der Waals surface area contributed by atoms with Gasteiger partial charge < -0.3 is 5.32 Å². The Kier molecular flexibility index (Phi) is 5.28. The molecule has 146 valence electrons. The summed E-state index contributed by atoms with van der Waals surface area (Å²) < 4.78 is 1.80. The van der Waals surface area contributed by atoms with Crippen molar-refractivity contribution in [3.8, 4) is 5.69 Å². The fourth-order valence-corrected chi connectivity index (χ4v) is 3.68. The molecule has 4 rings (SSSR count). The lowest BCUT2D eigenvalue weighted by atomic mass is 10.1. The Morgan fingerprint density at radius 1 is 0.966 bits per heavy atom. The second-order valence-electron chi connectivity index (χ2n) is 7.63. The molecule has 0 fully saturated rings. The topological polar surface area (TPSA) is 51.5 Å². The molecular formula is C25H26N3O+. The van der Waals surface area contributed by atoms with E-state index in [9.17, 15) is 4.79 Å². The molecule has 0 amide bonds. The highest BCUT2D eigenvalue weighted by molar-refractivity contribution is 5.78. The van der Waals surface area contributed by atoms with Crippen LogP contribution < -0.4 is 10.9 Å². The highest BCUT2D eigenvalue weighted by Gasteiger charge is 2.21. The Bertz CT molecular complexity index is 1210. The molecular weight excluding hydrogens is 358 g/mol. The van der Waals surface area contributed by atoms with E-state index in [1.165, 1.54) is 5.56 Å². The van der Waals surface area contributed by atoms with Gasteiger partial charge in [-0.1, -0.05) is 54.6 Å². The van der Waals surface area contributed by atoms with E-state index in [1.54, 1.807) is 4.57 Å². The maximum atomic E-state index is 13.5. The Hall–Kier alpha value is -3.24. The summed E-state index contributed by atoms with van der Waals surface area (Å²) >= 11 is 0. The van der Waals surface area contributed by atoms with E-state index in [0.29, 0.717) is 5.39 Å². The first-order valence-electron chi connectivity index (χ1n) is 10.0. The highest BCUT2D eigenvalue weighted by Crippen LogP contribution is 2.20. The van der Waals surface area contributed by atoms with E-state index in [1.807, 2.05) is 56.3 Å². The predicted molar refractivity (Wildman–Crippen MR) is 117 cm³/mol. The van der Waals surface area contributed by atoms with Crippen molar-refractivity contribution in [2.75, 3.05) is 0 Å². The number of nitrogens with zero attached hydrogens (tertiary/aromatic N) is 2. The van der Waals surface area contributed by atoms with Crippen LogP contribution in [0.2, 0.25) is 0 Å². The van der Waals surface area contributed by atoms with E-state index in [0.717, 1.165) is 34.7 Å². The van der Waals surface area contributed by atoms with Crippen molar-refractivity contribution in [3.05, 3.63) is 106 Å². The van der Waals surface area contributed by atoms with Crippen LogP contribution in [0.5, 0.6) is 0 Å². The van der Waals surface area contributed by atoms with Gasteiger partial charge in [0, 0.05) is 5.56 Å². The average molecular weight is 385 g/mol. The summed E-state index contributed by atoms with van der Waals surface area (Å²) in [6.45, 7) is 7.03. The number of aryl methyl sites for hydroxylation is 2. The molecule has 0 aliphatic heterocycles. The molecule has 2 N–H and O–H groups in total. The minimum Gasteiger partial charge on any atom is -0.334 e. The first kappa shape index (κ1) is 19.1. The third-order valence-corrected chi connectivity index (χ3v) is 5.36. The minimum absolute atomic E-state index is 0.0146. The number of fused-ring (bicyclic) bond motifs is 1. The number of quaternary nitrogens is 1. The highest BCUT2D eigenvalue weighted by atomic mass is 16.1. The maximum absolute atomic E-state index is 13.5. The summed E-state index contributed by atoms with van der Waals surface area (Å²) in [5, 5.41) is 2.88. The minimum atomic E-state index is -0.0146. The summed E-state index contributed by atoms with van der Waals surface area (Å²) in [5.41, 5.74) is 5.07. The van der Waals surface area contributed by atoms with Gasteiger partial charge >= 0.3 is 0 Å². The molecule has 0 aliphatic rings. The molecule has 3 aromatic carbocycles. The van der Waals surface area contributed by atoms with Crippen molar-refractivity contribution >= 4 is 10.9 Å². The Morgan fingerprint density at radius 2 is 1.69 bits per heavy atom. The first-order valence-corrected chi connectivity index (χ1v) is 10.0. The van der Waals surface area contributed by atoms with Crippen molar-refractivity contribution < 1.29 is 5.32 Å². The van der Waals surface area contributed by atoms with Crippen LogP contribution in [0, 0.1) is 13.8 Å². The second kappa shape index (κ2) is 8.02. The number of hydrogen-bond acceptors (Lipinski definition) is 2. The predicted octanol–water partition coefficient (Wildman–Crippen LogP) is 3.83. The smallest absolute Gasteiger partial charge is 0.266 e. The van der Waals surface area contributed by atoms with Gasteiger partial charge in [0.1, 0.15) is 12.6 Å². The molecule has 0 radical (unpaired) electrons. The first-order chi connectivity index (χ1) is 14.0. The van der Waals surface area contributed by atoms with Crippen LogP contribution in [0.4, 0.5) is 0 Å². The lowest BCUT2D eigenvalue weighted by Gasteiger charge is -2.19. The van der Waals surface area contributed by atoms with Gasteiger partial charge in [-0.05, 0) is 50.1 Å². The van der Waals surface area contributed by atoms with Gasteiger partial charge in [0.2, 0.25) is 0 Å². The zero-order valence-electron chi connectivity index (χ0n) is 17.1. The third kappa shape index (κ3) is 3.84. The van der Waals surface area contributed by atoms with Crippen LogP contribution >= 0.6 is 0 Å². The lowest BCUT2D eigenvalue weighted by Crippen LogP contribution is -2.83. The van der Waals surface area contributed by atoms with E-state index in [4.69, 9.17) is 4.98 Å². The van der Waals surface area contributed by atoms with E-state index < -0.39 is 0 Å². The molecule has 1 aromatic heterocycles. The van der Waals surface area contributed by atoms with Gasteiger partial charge in [0.25, 0.3) is 5.56 Å². The summed E-state index contributed by atoms with van der Waals surface area (Å²) in [4.78, 5) is 18.4. The maximum Gasteiger partial charge on any atom is 0.266 e. The Morgan fingerprint density at radius 3 is 2.48 bits per heavy atom. The molecule has 29 heavy (non-hydrogen) atoms. The molecule has 0 saturated carbocycles. The zero-order chi connectivity index (χ0) is 20.4. The van der Waals surface area contributed by atoms with Gasteiger partial charge in [-0.15, -0.1) is 0 Å². The zero-order valence-corrected chi connectivity index (χ0v) is 17.1. The largest absolute Gasteiger partial charge is 0.334 e.